The molecule has 17 heavy (non-hydrogen) atoms. The van der Waals surface area contributed by atoms with Crippen molar-refractivity contribution < 1.29 is 9.53 Å². The van der Waals surface area contributed by atoms with Crippen LogP contribution in [-0.4, -0.2) is 37.2 Å². The number of hydrogen-bond acceptors (Lipinski definition) is 2. The molecule has 0 radical (unpaired) electrons. The van der Waals surface area contributed by atoms with E-state index in [1.165, 1.54) is 0 Å². The normalized spacial score (nSPS) is 19.5. The van der Waals surface area contributed by atoms with E-state index in [0.717, 1.165) is 12.1 Å². The van der Waals surface area contributed by atoms with Gasteiger partial charge in [0.05, 0.1) is 12.6 Å². The van der Waals surface area contributed by atoms with Gasteiger partial charge in [0, 0.05) is 19.7 Å². The van der Waals surface area contributed by atoms with Crippen LogP contribution < -0.4 is 5.32 Å². The molecule has 1 saturated heterocycles. The smallest absolute Gasteiger partial charge is 0.318 e. The fourth-order valence-corrected chi connectivity index (χ4v) is 1.98. The van der Waals surface area contributed by atoms with E-state index >= 15 is 0 Å². The third-order valence-corrected chi connectivity index (χ3v) is 2.90. The van der Waals surface area contributed by atoms with Gasteiger partial charge in [0.15, 0.2) is 0 Å². The lowest BCUT2D eigenvalue weighted by atomic mass is 10.1. The zero-order valence-corrected chi connectivity index (χ0v) is 10.1. The molecule has 2 rings (SSSR count). The standard InChI is InChI=1S/C13H18N2O2/c1-2-17-9-8-15-10-12(14-13(15)16)11-6-4-3-5-7-11/h3-7,12H,2,8-10H2,1H3,(H,14,16). The number of amides is 2. The first kappa shape index (κ1) is 11.9. The Balaban J connectivity index is 1.91. The quantitative estimate of drug-likeness (QED) is 0.789. The number of nitrogens with one attached hydrogen (secondary N) is 1. The fraction of sp³-hybridized carbons (Fsp3) is 0.462. The van der Waals surface area contributed by atoms with Crippen LogP contribution in [0.2, 0.25) is 0 Å². The van der Waals surface area contributed by atoms with Crippen LogP contribution in [0.15, 0.2) is 30.3 Å². The Morgan fingerprint density at radius 3 is 2.88 bits per heavy atom. The number of nitrogens with zero attached hydrogens (tertiary/aromatic N) is 1. The van der Waals surface area contributed by atoms with E-state index in [9.17, 15) is 4.79 Å². The van der Waals surface area contributed by atoms with E-state index < -0.39 is 0 Å². The Hall–Kier alpha value is -1.55. The predicted molar refractivity (Wildman–Crippen MR) is 65.8 cm³/mol. The first-order valence-electron chi connectivity index (χ1n) is 5.99. The number of rotatable bonds is 5. The van der Waals surface area contributed by atoms with E-state index in [4.69, 9.17) is 4.74 Å². The average Bonchev–Trinajstić information content (AvgIpc) is 2.73. The molecule has 1 unspecified atom stereocenters. The molecule has 4 heteroatoms. The van der Waals surface area contributed by atoms with Crippen LogP contribution in [0.4, 0.5) is 4.79 Å². The maximum Gasteiger partial charge on any atom is 0.318 e. The third-order valence-electron chi connectivity index (χ3n) is 2.90. The fourth-order valence-electron chi connectivity index (χ4n) is 1.98. The van der Waals surface area contributed by atoms with Crippen molar-refractivity contribution >= 4 is 6.03 Å². The number of benzene rings is 1. The van der Waals surface area contributed by atoms with Crippen LogP contribution in [0.5, 0.6) is 0 Å². The second kappa shape index (κ2) is 5.68. The van der Waals surface area contributed by atoms with Crippen molar-refractivity contribution in [3.8, 4) is 0 Å². The Bertz CT molecular complexity index is 367. The maximum absolute atomic E-state index is 11.7. The zero-order valence-electron chi connectivity index (χ0n) is 10.1. The Labute approximate surface area is 102 Å². The molecule has 1 heterocycles. The number of urea groups is 1. The monoisotopic (exact) mass is 234 g/mol. The molecule has 0 aromatic heterocycles. The van der Waals surface area contributed by atoms with Gasteiger partial charge >= 0.3 is 6.03 Å². The van der Waals surface area contributed by atoms with Crippen molar-refractivity contribution in [2.45, 2.75) is 13.0 Å². The summed E-state index contributed by atoms with van der Waals surface area (Å²) in [5, 5.41) is 2.98. The molecule has 0 saturated carbocycles. The lowest BCUT2D eigenvalue weighted by Gasteiger charge is -2.14. The van der Waals surface area contributed by atoms with Crippen LogP contribution in [0.3, 0.4) is 0 Å². The van der Waals surface area contributed by atoms with E-state index in [2.05, 4.69) is 5.32 Å². The Morgan fingerprint density at radius 1 is 1.41 bits per heavy atom. The summed E-state index contributed by atoms with van der Waals surface area (Å²) < 4.78 is 5.26. The number of ether oxygens (including phenoxy) is 1. The molecule has 1 atom stereocenters. The molecule has 1 aliphatic rings. The number of carbonyl (C=O) groups is 1. The van der Waals surface area contributed by atoms with Crippen molar-refractivity contribution in [1.29, 1.82) is 0 Å². The van der Waals surface area contributed by atoms with Gasteiger partial charge in [-0.2, -0.15) is 0 Å². The molecular formula is C13H18N2O2. The van der Waals surface area contributed by atoms with Crippen LogP contribution in [-0.2, 0) is 4.74 Å². The van der Waals surface area contributed by atoms with Gasteiger partial charge in [0.2, 0.25) is 0 Å². The highest BCUT2D eigenvalue weighted by atomic mass is 16.5. The summed E-state index contributed by atoms with van der Waals surface area (Å²) in [5.74, 6) is 0. The van der Waals surface area contributed by atoms with Crippen LogP contribution >= 0.6 is 0 Å². The molecule has 4 nitrogen and oxygen atoms in total. The summed E-state index contributed by atoms with van der Waals surface area (Å²) in [6.45, 7) is 4.62. The van der Waals surface area contributed by atoms with Crippen molar-refractivity contribution in [3.63, 3.8) is 0 Å². The number of hydrogen-bond donors (Lipinski definition) is 1. The minimum Gasteiger partial charge on any atom is -0.380 e. The highest BCUT2D eigenvalue weighted by Crippen LogP contribution is 2.19. The van der Waals surface area contributed by atoms with Gasteiger partial charge in [-0.1, -0.05) is 30.3 Å². The minimum absolute atomic E-state index is 0.00134. The lowest BCUT2D eigenvalue weighted by molar-refractivity contribution is 0.125. The predicted octanol–water partition coefficient (Wildman–Crippen LogP) is 1.79. The highest BCUT2D eigenvalue weighted by molar-refractivity contribution is 5.77. The molecule has 0 aliphatic carbocycles. The van der Waals surface area contributed by atoms with Crippen molar-refractivity contribution in [3.05, 3.63) is 35.9 Å². The highest BCUT2D eigenvalue weighted by Gasteiger charge is 2.28. The molecule has 1 aromatic carbocycles. The van der Waals surface area contributed by atoms with Gasteiger partial charge in [-0.15, -0.1) is 0 Å². The van der Waals surface area contributed by atoms with Crippen molar-refractivity contribution in [2.75, 3.05) is 26.3 Å². The average molecular weight is 234 g/mol. The molecule has 1 aromatic rings. The van der Waals surface area contributed by atoms with Gasteiger partial charge in [-0.05, 0) is 12.5 Å². The number of carbonyl (C=O) groups excluding carboxylic acids is 1. The molecule has 2 amide bonds. The summed E-state index contributed by atoms with van der Waals surface area (Å²) >= 11 is 0. The minimum atomic E-state index is -0.00134. The second-order valence-corrected chi connectivity index (χ2v) is 4.06. The Morgan fingerprint density at radius 2 is 2.18 bits per heavy atom. The van der Waals surface area contributed by atoms with Crippen LogP contribution in [0, 0.1) is 0 Å². The molecule has 0 spiro atoms. The van der Waals surface area contributed by atoms with E-state index in [0.29, 0.717) is 19.8 Å². The van der Waals surface area contributed by atoms with E-state index in [1.54, 1.807) is 4.90 Å². The lowest BCUT2D eigenvalue weighted by Crippen LogP contribution is -2.31. The zero-order chi connectivity index (χ0) is 12.1. The topological polar surface area (TPSA) is 41.6 Å². The van der Waals surface area contributed by atoms with Gasteiger partial charge in [0.1, 0.15) is 0 Å². The van der Waals surface area contributed by atoms with Gasteiger partial charge in [-0.25, -0.2) is 4.79 Å². The summed E-state index contributed by atoms with van der Waals surface area (Å²) in [4.78, 5) is 13.5. The summed E-state index contributed by atoms with van der Waals surface area (Å²) in [7, 11) is 0. The third kappa shape index (κ3) is 2.97. The van der Waals surface area contributed by atoms with Crippen molar-refractivity contribution in [1.82, 2.24) is 10.2 Å². The van der Waals surface area contributed by atoms with Gasteiger partial charge in [-0.3, -0.25) is 0 Å². The largest absolute Gasteiger partial charge is 0.380 e. The van der Waals surface area contributed by atoms with Crippen LogP contribution in [0.1, 0.15) is 18.5 Å². The van der Waals surface area contributed by atoms with E-state index in [1.807, 2.05) is 37.3 Å². The SMILES string of the molecule is CCOCCN1CC(c2ccccc2)NC1=O. The Kier molecular flexibility index (Phi) is 3.98. The second-order valence-electron chi connectivity index (χ2n) is 4.06. The molecule has 92 valence electrons. The van der Waals surface area contributed by atoms with E-state index in [-0.39, 0.29) is 12.1 Å². The molecule has 1 fully saturated rings. The maximum atomic E-state index is 11.7. The van der Waals surface area contributed by atoms with Crippen LogP contribution in [0.25, 0.3) is 0 Å². The summed E-state index contributed by atoms with van der Waals surface area (Å²) in [5.41, 5.74) is 1.15. The first-order chi connectivity index (χ1) is 8.31. The van der Waals surface area contributed by atoms with Crippen molar-refractivity contribution in [2.24, 2.45) is 0 Å². The van der Waals surface area contributed by atoms with Gasteiger partial charge in [0.25, 0.3) is 0 Å². The molecule has 0 bridgehead atoms. The summed E-state index contributed by atoms with van der Waals surface area (Å²) in [6, 6.07) is 10.1. The first-order valence-corrected chi connectivity index (χ1v) is 5.99. The molecule has 1 aliphatic heterocycles. The molecular weight excluding hydrogens is 216 g/mol. The summed E-state index contributed by atoms with van der Waals surface area (Å²) in [6.07, 6.45) is 0. The van der Waals surface area contributed by atoms with Gasteiger partial charge < -0.3 is 15.0 Å². The molecule has 1 N–H and O–H groups in total.